The van der Waals surface area contributed by atoms with Gasteiger partial charge in [0.1, 0.15) is 12.4 Å². The van der Waals surface area contributed by atoms with Crippen LogP contribution in [0.3, 0.4) is 0 Å². The lowest BCUT2D eigenvalue weighted by Crippen LogP contribution is -2.21. The third-order valence-corrected chi connectivity index (χ3v) is 7.88. The van der Waals surface area contributed by atoms with Gasteiger partial charge in [0.2, 0.25) is 0 Å². The Hall–Kier alpha value is -5.17. The molecule has 0 atom stereocenters. The van der Waals surface area contributed by atoms with Crippen LogP contribution >= 0.6 is 0 Å². The second-order valence-electron chi connectivity index (χ2n) is 11.8. The minimum absolute atomic E-state index is 0.201. The molecular weight excluding hydrogens is 586 g/mol. The van der Waals surface area contributed by atoms with Gasteiger partial charge in [-0.05, 0) is 98.7 Å². The maximum atomic E-state index is 14.0. The average molecular weight is 630 g/mol. The van der Waals surface area contributed by atoms with E-state index in [0.717, 1.165) is 39.1 Å². The van der Waals surface area contributed by atoms with Crippen molar-refractivity contribution in [3.8, 4) is 28.6 Å². The highest BCUT2D eigenvalue weighted by atomic mass is 16.5. The van der Waals surface area contributed by atoms with Crippen molar-refractivity contribution < 1.29 is 14.2 Å². The molecule has 0 fully saturated rings. The lowest BCUT2D eigenvalue weighted by Gasteiger charge is -2.18. The molecule has 7 nitrogen and oxygen atoms in total. The van der Waals surface area contributed by atoms with Gasteiger partial charge in [-0.3, -0.25) is 4.79 Å². The number of aromatic nitrogens is 2. The molecule has 0 amide bonds. The zero-order valence-corrected chi connectivity index (χ0v) is 28.2. The van der Waals surface area contributed by atoms with Crippen LogP contribution in [0.5, 0.6) is 17.2 Å². The van der Waals surface area contributed by atoms with Crippen LogP contribution in [0.1, 0.15) is 67.0 Å². The summed E-state index contributed by atoms with van der Waals surface area (Å²) >= 11 is 0. The summed E-state index contributed by atoms with van der Waals surface area (Å²) < 4.78 is 19.8. The first kappa shape index (κ1) is 33.2. The first-order valence-electron chi connectivity index (χ1n) is 16.2. The maximum Gasteiger partial charge on any atom is 0.282 e. The third kappa shape index (κ3) is 7.46. The van der Waals surface area contributed by atoms with Gasteiger partial charge in [0.15, 0.2) is 17.3 Å². The van der Waals surface area contributed by atoms with E-state index in [2.05, 4.69) is 45.5 Å². The SMILES string of the molecule is C=CCc1cc(C=Nn2c(-c3cc(C(C)C)c(OCC)cc3C)nc3ccccc3c2=O)cc(OCC)c1OCc1cccc(C)c1. The van der Waals surface area contributed by atoms with Crippen LogP contribution in [0.15, 0.2) is 95.3 Å². The standard InChI is InChI=1S/C40H43N3O4/c1-8-14-31-21-30(22-37(46-10-3)38(31)47-25-29-16-13-15-27(6)19-29)24-41-43-39(42-35-18-12-11-17-32(35)40(43)44)34-23-33(26(4)5)36(45-9-2)20-28(34)7/h8,11-13,15-24,26H,1,9-10,14,25H2,2-7H3. The van der Waals surface area contributed by atoms with Gasteiger partial charge in [-0.25, -0.2) is 4.98 Å². The molecule has 1 aromatic heterocycles. The molecule has 4 aromatic carbocycles. The Labute approximate surface area is 277 Å². The number of fused-ring (bicyclic) bond motifs is 1. The monoisotopic (exact) mass is 629 g/mol. The molecule has 0 unspecified atom stereocenters. The van der Waals surface area contributed by atoms with Crippen molar-refractivity contribution in [3.63, 3.8) is 0 Å². The molecule has 1 heterocycles. The molecule has 0 bridgehead atoms. The van der Waals surface area contributed by atoms with Crippen LogP contribution in [0.25, 0.3) is 22.3 Å². The summed E-state index contributed by atoms with van der Waals surface area (Å²) in [6.07, 6.45) is 4.08. The molecule has 5 rings (SSSR count). The number of hydrogen-bond acceptors (Lipinski definition) is 6. The van der Waals surface area contributed by atoms with Crippen molar-refractivity contribution in [1.29, 1.82) is 0 Å². The Bertz CT molecular complexity index is 1990. The normalized spacial score (nSPS) is 11.4. The maximum absolute atomic E-state index is 14.0. The summed E-state index contributed by atoms with van der Waals surface area (Å²) in [4.78, 5) is 19.0. The minimum Gasteiger partial charge on any atom is -0.494 e. The highest BCUT2D eigenvalue weighted by Gasteiger charge is 2.19. The summed E-state index contributed by atoms with van der Waals surface area (Å²) in [5, 5.41) is 5.26. The number of ether oxygens (including phenoxy) is 3. The minimum atomic E-state index is -0.254. The third-order valence-electron chi connectivity index (χ3n) is 7.88. The van der Waals surface area contributed by atoms with E-state index in [9.17, 15) is 4.79 Å². The van der Waals surface area contributed by atoms with Gasteiger partial charge < -0.3 is 14.2 Å². The molecule has 0 radical (unpaired) electrons. The zero-order valence-electron chi connectivity index (χ0n) is 28.2. The molecule has 0 aliphatic rings. The molecular formula is C40H43N3O4. The predicted molar refractivity (Wildman–Crippen MR) is 191 cm³/mol. The quantitative estimate of drug-likeness (QED) is 0.0961. The van der Waals surface area contributed by atoms with Crippen molar-refractivity contribution >= 4 is 17.1 Å². The fraction of sp³-hybridized carbons (Fsp3) is 0.275. The molecule has 0 spiro atoms. The van der Waals surface area contributed by atoms with Gasteiger partial charge >= 0.3 is 0 Å². The first-order valence-corrected chi connectivity index (χ1v) is 16.2. The molecule has 242 valence electrons. The van der Waals surface area contributed by atoms with E-state index in [4.69, 9.17) is 24.3 Å². The van der Waals surface area contributed by atoms with E-state index in [-0.39, 0.29) is 11.5 Å². The Morgan fingerprint density at radius 1 is 0.915 bits per heavy atom. The Morgan fingerprint density at radius 2 is 1.68 bits per heavy atom. The van der Waals surface area contributed by atoms with E-state index >= 15 is 0 Å². The van der Waals surface area contributed by atoms with Crippen LogP contribution in [-0.4, -0.2) is 29.1 Å². The average Bonchev–Trinajstić information content (AvgIpc) is 3.04. The van der Waals surface area contributed by atoms with Gasteiger partial charge in [0.05, 0.1) is 30.3 Å². The number of nitrogens with zero attached hydrogens (tertiary/aromatic N) is 3. The molecule has 7 heteroatoms. The Balaban J connectivity index is 1.63. The van der Waals surface area contributed by atoms with E-state index in [0.29, 0.717) is 54.5 Å². The molecule has 5 aromatic rings. The summed E-state index contributed by atoms with van der Waals surface area (Å²) in [5.74, 6) is 2.77. The predicted octanol–water partition coefficient (Wildman–Crippen LogP) is 8.79. The van der Waals surface area contributed by atoms with Gasteiger partial charge in [0.25, 0.3) is 5.56 Å². The molecule has 0 saturated heterocycles. The summed E-state index contributed by atoms with van der Waals surface area (Å²) in [6.45, 7) is 17.6. The van der Waals surface area contributed by atoms with Crippen LogP contribution in [-0.2, 0) is 13.0 Å². The molecule has 0 saturated carbocycles. The van der Waals surface area contributed by atoms with Crippen LogP contribution < -0.4 is 19.8 Å². The van der Waals surface area contributed by atoms with Crippen molar-refractivity contribution in [2.75, 3.05) is 13.2 Å². The lowest BCUT2D eigenvalue weighted by atomic mass is 9.96. The smallest absolute Gasteiger partial charge is 0.282 e. The number of para-hydroxylation sites is 1. The number of benzene rings is 4. The Morgan fingerprint density at radius 3 is 2.40 bits per heavy atom. The zero-order chi connectivity index (χ0) is 33.5. The van der Waals surface area contributed by atoms with Crippen LogP contribution in [0.4, 0.5) is 0 Å². The topological polar surface area (TPSA) is 74.9 Å². The van der Waals surface area contributed by atoms with E-state index in [1.807, 2.05) is 75.4 Å². The van der Waals surface area contributed by atoms with E-state index < -0.39 is 0 Å². The van der Waals surface area contributed by atoms with Crippen molar-refractivity contribution in [2.45, 2.75) is 60.5 Å². The fourth-order valence-corrected chi connectivity index (χ4v) is 5.65. The van der Waals surface area contributed by atoms with E-state index in [1.165, 1.54) is 10.2 Å². The largest absolute Gasteiger partial charge is 0.494 e. The molecule has 0 aliphatic heterocycles. The van der Waals surface area contributed by atoms with Gasteiger partial charge in [-0.15, -0.1) is 6.58 Å². The summed E-state index contributed by atoms with van der Waals surface area (Å²) in [5.41, 5.74) is 7.07. The molecule has 0 aliphatic carbocycles. The van der Waals surface area contributed by atoms with Crippen LogP contribution in [0, 0.1) is 13.8 Å². The molecule has 0 N–H and O–H groups in total. The lowest BCUT2D eigenvalue weighted by molar-refractivity contribution is 0.267. The van der Waals surface area contributed by atoms with Crippen molar-refractivity contribution in [2.24, 2.45) is 5.10 Å². The number of allylic oxidation sites excluding steroid dienone is 1. The second-order valence-corrected chi connectivity index (χ2v) is 11.8. The fourth-order valence-electron chi connectivity index (χ4n) is 5.65. The number of rotatable bonds is 13. The first-order chi connectivity index (χ1) is 22.7. The molecule has 47 heavy (non-hydrogen) atoms. The van der Waals surface area contributed by atoms with Gasteiger partial charge in [0, 0.05) is 11.1 Å². The van der Waals surface area contributed by atoms with Crippen LogP contribution in [0.2, 0.25) is 0 Å². The highest BCUT2D eigenvalue weighted by Crippen LogP contribution is 2.36. The van der Waals surface area contributed by atoms with Gasteiger partial charge in [-0.2, -0.15) is 9.78 Å². The van der Waals surface area contributed by atoms with Crippen molar-refractivity contribution in [3.05, 3.63) is 129 Å². The summed E-state index contributed by atoms with van der Waals surface area (Å²) in [6, 6.07) is 23.6. The second kappa shape index (κ2) is 14.9. The summed E-state index contributed by atoms with van der Waals surface area (Å²) in [7, 11) is 0. The Kier molecular flexibility index (Phi) is 10.6. The van der Waals surface area contributed by atoms with E-state index in [1.54, 1.807) is 12.3 Å². The number of hydrogen-bond donors (Lipinski definition) is 0. The van der Waals surface area contributed by atoms with Gasteiger partial charge in [-0.1, -0.05) is 61.9 Å². The van der Waals surface area contributed by atoms with Crippen molar-refractivity contribution in [1.82, 2.24) is 9.66 Å². The highest BCUT2D eigenvalue weighted by molar-refractivity contribution is 5.83. The number of aryl methyl sites for hydroxylation is 2.